The van der Waals surface area contributed by atoms with Crippen LogP contribution in [0.3, 0.4) is 0 Å². The Labute approximate surface area is 155 Å². The highest BCUT2D eigenvalue weighted by atomic mass is 35.5. The number of nitrogens with one attached hydrogen (secondary N) is 1. The molecule has 0 bridgehead atoms. The van der Waals surface area contributed by atoms with Crippen molar-refractivity contribution in [3.05, 3.63) is 52.6 Å². The first kappa shape index (κ1) is 19.4. The van der Waals surface area contributed by atoms with Crippen LogP contribution >= 0.6 is 12.4 Å². The number of fused-ring (bicyclic) bond motifs is 2. The maximum absolute atomic E-state index is 11.4. The summed E-state index contributed by atoms with van der Waals surface area (Å²) >= 11 is 0. The van der Waals surface area contributed by atoms with E-state index in [4.69, 9.17) is 4.74 Å². The van der Waals surface area contributed by atoms with Crippen LogP contribution in [0.5, 0.6) is 0 Å². The molecule has 3 rings (SSSR count). The smallest absolute Gasteiger partial charge is 0.305 e. The zero-order chi connectivity index (χ0) is 17.8. The number of anilines is 1. The van der Waals surface area contributed by atoms with Crippen LogP contribution in [0, 0.1) is 10.1 Å². The number of benzene rings is 2. The van der Waals surface area contributed by atoms with Crippen molar-refractivity contribution < 1.29 is 14.5 Å². The quantitative estimate of drug-likeness (QED) is 0.229. The Bertz CT molecular complexity index is 962. The number of pyridine rings is 1. The molecule has 7 nitrogen and oxygen atoms in total. The van der Waals surface area contributed by atoms with Gasteiger partial charge in [0.15, 0.2) is 0 Å². The number of carbonyl (C=O) groups excluding carboxylic acids is 1. The Morgan fingerprint density at radius 3 is 2.65 bits per heavy atom. The van der Waals surface area contributed by atoms with Gasteiger partial charge < -0.3 is 10.1 Å². The van der Waals surface area contributed by atoms with E-state index in [0.29, 0.717) is 29.6 Å². The highest BCUT2D eigenvalue weighted by molar-refractivity contribution is 6.11. The van der Waals surface area contributed by atoms with Crippen LogP contribution in [0.15, 0.2) is 42.5 Å². The van der Waals surface area contributed by atoms with E-state index in [1.165, 1.54) is 6.07 Å². The number of nitro groups is 1. The normalized spacial score (nSPS) is 10.3. The predicted octanol–water partition coefficient (Wildman–Crippen LogP) is 4.08. The Balaban J connectivity index is 0.00000243. The van der Waals surface area contributed by atoms with Gasteiger partial charge in [-0.1, -0.05) is 31.2 Å². The Morgan fingerprint density at radius 2 is 1.92 bits per heavy atom. The summed E-state index contributed by atoms with van der Waals surface area (Å²) in [5.74, 6) is -0.280. The number of hydrogen-bond acceptors (Lipinski definition) is 6. The van der Waals surface area contributed by atoms with E-state index in [1.54, 1.807) is 19.1 Å². The zero-order valence-corrected chi connectivity index (χ0v) is 14.9. The largest absolute Gasteiger partial charge is 0.464 e. The molecule has 1 heterocycles. The van der Waals surface area contributed by atoms with Crippen LogP contribution in [0.2, 0.25) is 0 Å². The first-order chi connectivity index (χ1) is 12.1. The molecule has 0 saturated carbocycles. The van der Waals surface area contributed by atoms with E-state index in [-0.39, 0.29) is 30.7 Å². The molecular formula is C18H18ClN3O4. The van der Waals surface area contributed by atoms with Crippen molar-refractivity contribution in [2.75, 3.05) is 18.5 Å². The molecular weight excluding hydrogens is 358 g/mol. The standard InChI is InChI=1S/C18H17N3O4.ClH/c1-2-16(22)25-11-10-19-18-12-6-3-4-7-13(12)20-14-8-5-9-15(17(14)18)21(23)24;/h3-9H,2,10-11H2,1H3,(H,19,20);1H. The van der Waals surface area contributed by atoms with E-state index in [1.807, 2.05) is 24.3 Å². The number of carbonyl (C=O) groups is 1. The van der Waals surface area contributed by atoms with E-state index in [0.717, 1.165) is 10.9 Å². The highest BCUT2D eigenvalue weighted by Crippen LogP contribution is 2.36. The number of non-ortho nitro benzene ring substituents is 1. The lowest BCUT2D eigenvalue weighted by Crippen LogP contribution is -2.13. The lowest BCUT2D eigenvalue weighted by Gasteiger charge is -2.13. The molecule has 0 fully saturated rings. The molecule has 136 valence electrons. The second-order valence-electron chi connectivity index (χ2n) is 5.43. The van der Waals surface area contributed by atoms with Gasteiger partial charge in [-0.25, -0.2) is 4.98 Å². The summed E-state index contributed by atoms with van der Waals surface area (Å²) in [5.41, 5.74) is 1.90. The summed E-state index contributed by atoms with van der Waals surface area (Å²) in [6.45, 7) is 2.26. The fourth-order valence-corrected chi connectivity index (χ4v) is 2.70. The monoisotopic (exact) mass is 375 g/mol. The fourth-order valence-electron chi connectivity index (χ4n) is 2.70. The van der Waals surface area contributed by atoms with Gasteiger partial charge in [-0.05, 0) is 12.1 Å². The van der Waals surface area contributed by atoms with Crippen molar-refractivity contribution in [1.29, 1.82) is 0 Å². The summed E-state index contributed by atoms with van der Waals surface area (Å²) in [6.07, 6.45) is 0.312. The van der Waals surface area contributed by atoms with Crippen molar-refractivity contribution in [3.8, 4) is 0 Å². The van der Waals surface area contributed by atoms with E-state index >= 15 is 0 Å². The van der Waals surface area contributed by atoms with Crippen LogP contribution in [-0.4, -0.2) is 29.0 Å². The van der Waals surface area contributed by atoms with E-state index in [2.05, 4.69) is 10.3 Å². The van der Waals surface area contributed by atoms with Crippen molar-refractivity contribution >= 4 is 51.6 Å². The molecule has 0 spiro atoms. The number of ether oxygens (including phenoxy) is 1. The molecule has 3 aromatic rings. The second-order valence-corrected chi connectivity index (χ2v) is 5.43. The Kier molecular flexibility index (Phi) is 6.30. The number of nitro benzene ring substituents is 1. The molecule has 26 heavy (non-hydrogen) atoms. The lowest BCUT2D eigenvalue weighted by molar-refractivity contribution is -0.383. The third-order valence-electron chi connectivity index (χ3n) is 3.84. The third-order valence-corrected chi connectivity index (χ3v) is 3.84. The van der Waals surface area contributed by atoms with Crippen LogP contribution in [0.4, 0.5) is 11.4 Å². The van der Waals surface area contributed by atoms with Crippen LogP contribution < -0.4 is 5.32 Å². The van der Waals surface area contributed by atoms with Gasteiger partial charge in [-0.15, -0.1) is 12.4 Å². The third kappa shape index (κ3) is 3.83. The number of nitrogens with zero attached hydrogens (tertiary/aromatic N) is 2. The summed E-state index contributed by atoms with van der Waals surface area (Å²) in [7, 11) is 0. The second kappa shape index (κ2) is 8.44. The molecule has 0 saturated heterocycles. The van der Waals surface area contributed by atoms with Crippen molar-refractivity contribution in [2.24, 2.45) is 0 Å². The van der Waals surface area contributed by atoms with Gasteiger partial charge >= 0.3 is 5.97 Å². The highest BCUT2D eigenvalue weighted by Gasteiger charge is 2.18. The molecule has 0 aliphatic rings. The number of esters is 1. The van der Waals surface area contributed by atoms with Crippen LogP contribution in [0.1, 0.15) is 13.3 Å². The van der Waals surface area contributed by atoms with E-state index < -0.39 is 4.92 Å². The number of hydrogen-bond donors (Lipinski definition) is 1. The van der Waals surface area contributed by atoms with Gasteiger partial charge in [-0.3, -0.25) is 14.9 Å². The van der Waals surface area contributed by atoms with Crippen LogP contribution in [-0.2, 0) is 9.53 Å². The minimum atomic E-state index is -0.416. The molecule has 0 unspecified atom stereocenters. The minimum absolute atomic E-state index is 0. The molecule has 0 radical (unpaired) electrons. The van der Waals surface area contributed by atoms with Gasteiger partial charge in [0.1, 0.15) is 12.0 Å². The SMILES string of the molecule is CCC(=O)OCCNc1c2ccccc2nc2cccc([N+](=O)[O-])c12.Cl. The van der Waals surface area contributed by atoms with Gasteiger partial charge in [0.25, 0.3) is 5.69 Å². The topological polar surface area (TPSA) is 94.4 Å². The number of halogens is 1. The zero-order valence-electron chi connectivity index (χ0n) is 14.1. The number of rotatable bonds is 6. The first-order valence-electron chi connectivity index (χ1n) is 7.97. The molecule has 8 heteroatoms. The van der Waals surface area contributed by atoms with Gasteiger partial charge in [0.2, 0.25) is 0 Å². The summed E-state index contributed by atoms with van der Waals surface area (Å²) in [5, 5.41) is 15.9. The Morgan fingerprint density at radius 1 is 1.19 bits per heavy atom. The Hall–Kier alpha value is -2.93. The molecule has 0 aliphatic heterocycles. The van der Waals surface area contributed by atoms with E-state index in [9.17, 15) is 14.9 Å². The predicted molar refractivity (Wildman–Crippen MR) is 103 cm³/mol. The fraction of sp³-hybridized carbons (Fsp3) is 0.222. The van der Waals surface area contributed by atoms with Gasteiger partial charge in [0, 0.05) is 24.4 Å². The van der Waals surface area contributed by atoms with Crippen molar-refractivity contribution in [1.82, 2.24) is 4.98 Å². The lowest BCUT2D eigenvalue weighted by atomic mass is 10.1. The molecule has 1 N–H and O–H groups in total. The van der Waals surface area contributed by atoms with Gasteiger partial charge in [0.05, 0.1) is 21.6 Å². The average molecular weight is 376 g/mol. The maximum Gasteiger partial charge on any atom is 0.305 e. The van der Waals surface area contributed by atoms with Gasteiger partial charge in [-0.2, -0.15) is 0 Å². The molecule has 0 amide bonds. The minimum Gasteiger partial charge on any atom is -0.464 e. The molecule has 2 aromatic carbocycles. The number of para-hydroxylation sites is 1. The molecule has 0 aliphatic carbocycles. The first-order valence-corrected chi connectivity index (χ1v) is 7.97. The van der Waals surface area contributed by atoms with Crippen molar-refractivity contribution in [2.45, 2.75) is 13.3 Å². The van der Waals surface area contributed by atoms with Crippen LogP contribution in [0.25, 0.3) is 21.8 Å². The van der Waals surface area contributed by atoms with Crippen molar-refractivity contribution in [3.63, 3.8) is 0 Å². The summed E-state index contributed by atoms with van der Waals surface area (Å²) in [4.78, 5) is 26.8. The number of aromatic nitrogens is 1. The average Bonchev–Trinajstić information content (AvgIpc) is 2.63. The summed E-state index contributed by atoms with van der Waals surface area (Å²) < 4.78 is 5.06. The maximum atomic E-state index is 11.4. The summed E-state index contributed by atoms with van der Waals surface area (Å²) in [6, 6.07) is 12.3. The molecule has 1 aromatic heterocycles. The molecule has 0 atom stereocenters.